The number of furan rings is 1. The van der Waals surface area contributed by atoms with Gasteiger partial charge < -0.3 is 9.32 Å². The quantitative estimate of drug-likeness (QED) is 0.144. The Hall–Kier alpha value is -8.72. The third kappa shape index (κ3) is 7.21. The van der Waals surface area contributed by atoms with Gasteiger partial charge in [-0.3, -0.25) is 0 Å². The van der Waals surface area contributed by atoms with E-state index in [1.165, 1.54) is 55.3 Å². The molecule has 0 atom stereocenters. The van der Waals surface area contributed by atoms with Crippen molar-refractivity contribution in [2.45, 2.75) is 0 Å². The van der Waals surface area contributed by atoms with Gasteiger partial charge in [-0.15, -0.1) is 0 Å². The lowest BCUT2D eigenvalue weighted by Crippen LogP contribution is -2.11. The Labute approximate surface area is 384 Å². The fourth-order valence-corrected chi connectivity index (χ4v) is 9.60. The topological polar surface area (TPSA) is 16.4 Å². The van der Waals surface area contributed by atoms with Gasteiger partial charge in [-0.05, 0) is 127 Å². The van der Waals surface area contributed by atoms with E-state index in [0.29, 0.717) is 0 Å². The summed E-state index contributed by atoms with van der Waals surface area (Å²) in [5, 5.41) is 4.63. The van der Waals surface area contributed by atoms with E-state index in [1.54, 1.807) is 0 Å². The molecule has 0 bridgehead atoms. The molecule has 0 saturated heterocycles. The zero-order chi connectivity index (χ0) is 43.8. The van der Waals surface area contributed by atoms with Crippen LogP contribution in [0.1, 0.15) is 0 Å². The summed E-state index contributed by atoms with van der Waals surface area (Å²) >= 11 is 0. The standard InChI is InChI=1S/C64H43NO/c1-4-15-44(16-5-1)46-27-29-47(30-28-46)48-31-36-54(37-32-48)65(61-25-12-10-23-56(61)50-19-8-3-9-20-50)55-38-33-49(34-39-55)52-35-40-57-59(53-22-14-21-51(41-53)45-17-6-2-7-18-45)43-63-64(60(57)42-52)58-24-11-13-26-62(58)66-63/h1-43H. The van der Waals surface area contributed by atoms with E-state index >= 15 is 0 Å². The van der Waals surface area contributed by atoms with E-state index in [-0.39, 0.29) is 0 Å². The minimum absolute atomic E-state index is 0.888. The molecular weight excluding hydrogens is 799 g/mol. The molecule has 0 unspecified atom stereocenters. The van der Waals surface area contributed by atoms with Crippen LogP contribution < -0.4 is 4.90 Å². The number of nitrogens with zero attached hydrogens (tertiary/aromatic N) is 1. The molecule has 1 aromatic heterocycles. The summed E-state index contributed by atoms with van der Waals surface area (Å²) in [6.07, 6.45) is 0. The van der Waals surface area contributed by atoms with Gasteiger partial charge in [0.15, 0.2) is 0 Å². The van der Waals surface area contributed by atoms with Crippen molar-refractivity contribution < 1.29 is 4.42 Å². The van der Waals surface area contributed by atoms with Gasteiger partial charge in [0.05, 0.1) is 5.69 Å². The maximum atomic E-state index is 6.60. The first-order chi connectivity index (χ1) is 32.7. The molecule has 66 heavy (non-hydrogen) atoms. The van der Waals surface area contributed by atoms with Gasteiger partial charge in [-0.25, -0.2) is 0 Å². The summed E-state index contributed by atoms with van der Waals surface area (Å²) in [7, 11) is 0. The fourth-order valence-electron chi connectivity index (χ4n) is 9.60. The lowest BCUT2D eigenvalue weighted by molar-refractivity contribution is 0.669. The normalized spacial score (nSPS) is 11.3. The first-order valence-electron chi connectivity index (χ1n) is 22.6. The Morgan fingerprint density at radius 3 is 1.35 bits per heavy atom. The van der Waals surface area contributed by atoms with E-state index in [0.717, 1.165) is 61.3 Å². The van der Waals surface area contributed by atoms with Crippen LogP contribution in [0.2, 0.25) is 0 Å². The Balaban J connectivity index is 0.948. The zero-order valence-corrected chi connectivity index (χ0v) is 36.2. The number of hydrogen-bond acceptors (Lipinski definition) is 2. The number of para-hydroxylation sites is 2. The molecule has 0 fully saturated rings. The molecule has 11 aromatic carbocycles. The van der Waals surface area contributed by atoms with Gasteiger partial charge in [0, 0.05) is 27.7 Å². The molecule has 0 aliphatic rings. The van der Waals surface area contributed by atoms with Crippen molar-refractivity contribution in [3.05, 3.63) is 261 Å². The van der Waals surface area contributed by atoms with Gasteiger partial charge in [0.2, 0.25) is 0 Å². The molecule has 0 saturated carbocycles. The summed E-state index contributed by atoms with van der Waals surface area (Å²) in [5.41, 5.74) is 19.2. The molecule has 310 valence electrons. The highest BCUT2D eigenvalue weighted by molar-refractivity contribution is 6.22. The SMILES string of the molecule is c1ccc(-c2ccc(-c3ccc(N(c4ccc(-c5ccc6c(-c7cccc(-c8ccccc8)c7)cc7oc8ccccc8c7c6c5)cc4)c4ccccc4-c4ccccc4)cc3)cc2)cc1. The summed E-state index contributed by atoms with van der Waals surface area (Å²) in [6, 6.07) is 93.7. The monoisotopic (exact) mass is 841 g/mol. The van der Waals surface area contributed by atoms with Gasteiger partial charge in [-0.1, -0.05) is 206 Å². The van der Waals surface area contributed by atoms with Gasteiger partial charge in [-0.2, -0.15) is 0 Å². The first kappa shape index (κ1) is 38.9. The Morgan fingerprint density at radius 2 is 0.697 bits per heavy atom. The van der Waals surface area contributed by atoms with E-state index in [1.807, 2.05) is 6.07 Å². The van der Waals surface area contributed by atoms with Crippen LogP contribution in [0, 0.1) is 0 Å². The minimum Gasteiger partial charge on any atom is -0.456 e. The fraction of sp³-hybridized carbons (Fsp3) is 0. The average Bonchev–Trinajstić information content (AvgIpc) is 3.79. The molecule has 0 amide bonds. The molecule has 12 aromatic rings. The highest BCUT2D eigenvalue weighted by Crippen LogP contribution is 2.44. The van der Waals surface area contributed by atoms with Gasteiger partial charge in [0.25, 0.3) is 0 Å². The molecule has 0 aliphatic carbocycles. The van der Waals surface area contributed by atoms with Crippen molar-refractivity contribution in [1.29, 1.82) is 0 Å². The van der Waals surface area contributed by atoms with Gasteiger partial charge >= 0.3 is 0 Å². The third-order valence-corrected chi connectivity index (χ3v) is 12.9. The van der Waals surface area contributed by atoms with Crippen molar-refractivity contribution in [1.82, 2.24) is 0 Å². The summed E-state index contributed by atoms with van der Waals surface area (Å²) in [6.45, 7) is 0. The molecular formula is C64H43NO. The predicted molar refractivity (Wildman–Crippen MR) is 279 cm³/mol. The number of hydrogen-bond donors (Lipinski definition) is 0. The molecule has 1 heterocycles. The predicted octanol–water partition coefficient (Wildman–Crippen LogP) is 18.2. The van der Waals surface area contributed by atoms with Crippen molar-refractivity contribution in [2.24, 2.45) is 0 Å². The second-order valence-corrected chi connectivity index (χ2v) is 16.9. The Kier molecular flexibility index (Phi) is 9.89. The highest BCUT2D eigenvalue weighted by Gasteiger charge is 2.19. The number of rotatable bonds is 9. The molecule has 0 spiro atoms. The third-order valence-electron chi connectivity index (χ3n) is 12.9. The summed E-state index contributed by atoms with van der Waals surface area (Å²) < 4.78 is 6.60. The van der Waals surface area contributed by atoms with Crippen molar-refractivity contribution in [3.8, 4) is 66.8 Å². The molecule has 12 rings (SSSR count). The number of anilines is 3. The molecule has 0 radical (unpaired) electrons. The first-order valence-corrected chi connectivity index (χ1v) is 22.6. The van der Waals surface area contributed by atoms with Crippen LogP contribution in [-0.4, -0.2) is 0 Å². The second-order valence-electron chi connectivity index (χ2n) is 16.9. The average molecular weight is 842 g/mol. The van der Waals surface area contributed by atoms with E-state index < -0.39 is 0 Å². The number of fused-ring (bicyclic) bond motifs is 5. The van der Waals surface area contributed by atoms with Crippen molar-refractivity contribution in [3.63, 3.8) is 0 Å². The smallest absolute Gasteiger partial charge is 0.136 e. The highest BCUT2D eigenvalue weighted by atomic mass is 16.3. The van der Waals surface area contributed by atoms with Crippen molar-refractivity contribution in [2.75, 3.05) is 4.90 Å². The second kappa shape index (κ2) is 16.8. The van der Waals surface area contributed by atoms with Crippen LogP contribution in [0.25, 0.3) is 99.5 Å². The molecule has 0 N–H and O–H groups in total. The van der Waals surface area contributed by atoms with Crippen LogP contribution >= 0.6 is 0 Å². The van der Waals surface area contributed by atoms with Crippen LogP contribution in [0.4, 0.5) is 17.1 Å². The van der Waals surface area contributed by atoms with Crippen molar-refractivity contribution >= 4 is 49.8 Å². The minimum atomic E-state index is 0.888. The lowest BCUT2D eigenvalue weighted by Gasteiger charge is -2.28. The summed E-state index contributed by atoms with van der Waals surface area (Å²) in [5.74, 6) is 0. The molecule has 2 nitrogen and oxygen atoms in total. The summed E-state index contributed by atoms with van der Waals surface area (Å²) in [4.78, 5) is 2.38. The van der Waals surface area contributed by atoms with E-state index in [4.69, 9.17) is 4.42 Å². The van der Waals surface area contributed by atoms with Crippen LogP contribution in [0.3, 0.4) is 0 Å². The van der Waals surface area contributed by atoms with Crippen LogP contribution in [0.5, 0.6) is 0 Å². The number of benzene rings is 11. The Morgan fingerprint density at radius 1 is 0.242 bits per heavy atom. The molecule has 0 aliphatic heterocycles. The lowest BCUT2D eigenvalue weighted by atomic mass is 9.91. The van der Waals surface area contributed by atoms with Gasteiger partial charge in [0.1, 0.15) is 11.2 Å². The van der Waals surface area contributed by atoms with Crippen LogP contribution in [-0.2, 0) is 0 Å². The molecule has 2 heteroatoms. The van der Waals surface area contributed by atoms with Crippen LogP contribution in [0.15, 0.2) is 265 Å². The van der Waals surface area contributed by atoms with E-state index in [2.05, 4.69) is 260 Å². The van der Waals surface area contributed by atoms with E-state index in [9.17, 15) is 0 Å². The maximum absolute atomic E-state index is 6.60. The largest absolute Gasteiger partial charge is 0.456 e. The maximum Gasteiger partial charge on any atom is 0.136 e. The Bertz CT molecular complexity index is 3650. The zero-order valence-electron chi connectivity index (χ0n) is 36.2.